The number of aromatic nitrogens is 5. The number of hydrogen-bond acceptors (Lipinski definition) is 8. The minimum Gasteiger partial charge on any atom is -0.385 e. The van der Waals surface area contributed by atoms with Crippen molar-refractivity contribution in [1.29, 1.82) is 0 Å². The highest BCUT2D eigenvalue weighted by molar-refractivity contribution is 7.99. The van der Waals surface area contributed by atoms with Crippen LogP contribution >= 0.6 is 23.4 Å². The molecule has 2 aromatic heterocycles. The number of nitrogens with zero attached hydrogens (tertiary/aromatic N) is 4. The third-order valence-electron chi connectivity index (χ3n) is 5.25. The molecule has 0 spiro atoms. The molecule has 0 saturated heterocycles. The molecular weight excluding hydrogens is 468 g/mol. The van der Waals surface area contributed by atoms with Crippen LogP contribution in [-0.2, 0) is 11.3 Å². The molecule has 1 aromatic carbocycles. The first-order valence-electron chi connectivity index (χ1n) is 10.4. The predicted molar refractivity (Wildman–Crippen MR) is 126 cm³/mol. The van der Waals surface area contributed by atoms with Crippen LogP contribution in [0.15, 0.2) is 39.0 Å². The Morgan fingerprint density at radius 3 is 2.67 bits per heavy atom. The summed E-state index contributed by atoms with van der Waals surface area (Å²) in [4.78, 5) is 39.6. The average molecular weight is 491 g/mol. The molecule has 12 heteroatoms. The van der Waals surface area contributed by atoms with E-state index in [1.807, 2.05) is 16.7 Å². The number of carbonyl (C=O) groups is 1. The number of anilines is 1. The van der Waals surface area contributed by atoms with Crippen LogP contribution < -0.4 is 17.0 Å². The van der Waals surface area contributed by atoms with Crippen molar-refractivity contribution in [2.24, 2.45) is 0 Å². The number of nitrogen functional groups attached to an aromatic ring is 1. The van der Waals surface area contributed by atoms with Gasteiger partial charge in [-0.15, -0.1) is 10.2 Å². The summed E-state index contributed by atoms with van der Waals surface area (Å²) in [5.74, 6) is -0.00983. The number of rotatable bonds is 10. The molecule has 0 radical (unpaired) electrons. The van der Waals surface area contributed by atoms with E-state index >= 15 is 0 Å². The summed E-state index contributed by atoms with van der Waals surface area (Å²) in [5, 5.41) is 9.68. The number of nitrogens with one attached hydrogen (secondary N) is 1. The van der Waals surface area contributed by atoms with Gasteiger partial charge in [0.1, 0.15) is 11.4 Å². The Morgan fingerprint density at radius 2 is 2.00 bits per heavy atom. The van der Waals surface area contributed by atoms with Crippen molar-refractivity contribution in [1.82, 2.24) is 24.3 Å². The van der Waals surface area contributed by atoms with Gasteiger partial charge in [-0.25, -0.2) is 4.79 Å². The molecule has 1 aliphatic carbocycles. The van der Waals surface area contributed by atoms with Gasteiger partial charge >= 0.3 is 5.69 Å². The molecule has 3 aromatic rings. The van der Waals surface area contributed by atoms with Crippen LogP contribution in [0, 0.1) is 0 Å². The molecule has 174 valence electrons. The molecule has 0 aliphatic heterocycles. The van der Waals surface area contributed by atoms with E-state index in [0.29, 0.717) is 29.2 Å². The number of carbonyl (C=O) groups excluding carboxylic acids is 1. The molecule has 1 saturated carbocycles. The first-order valence-corrected chi connectivity index (χ1v) is 11.8. The van der Waals surface area contributed by atoms with Gasteiger partial charge in [-0.1, -0.05) is 23.4 Å². The molecule has 0 bridgehead atoms. The van der Waals surface area contributed by atoms with E-state index in [1.165, 1.54) is 4.57 Å². The second-order valence-corrected chi connectivity index (χ2v) is 9.02. The lowest BCUT2D eigenvalue weighted by Crippen LogP contribution is -2.36. The molecule has 2 heterocycles. The van der Waals surface area contributed by atoms with Crippen molar-refractivity contribution in [3.05, 3.63) is 55.7 Å². The van der Waals surface area contributed by atoms with Crippen molar-refractivity contribution in [3.8, 4) is 11.4 Å². The number of Topliss-reactive ketones (excluding diaryl/α,β-unsaturated/α-hetero) is 1. The van der Waals surface area contributed by atoms with Crippen LogP contribution in [-0.4, -0.2) is 49.6 Å². The maximum absolute atomic E-state index is 12.9. The summed E-state index contributed by atoms with van der Waals surface area (Å²) in [6.45, 7) is 1.13. The van der Waals surface area contributed by atoms with E-state index in [-0.39, 0.29) is 23.2 Å². The van der Waals surface area contributed by atoms with Crippen LogP contribution in [0.1, 0.15) is 35.7 Å². The average Bonchev–Trinajstić information content (AvgIpc) is 3.52. The first-order chi connectivity index (χ1) is 15.9. The molecule has 0 atom stereocenters. The molecule has 10 nitrogen and oxygen atoms in total. The van der Waals surface area contributed by atoms with Crippen LogP contribution in [0.4, 0.5) is 5.82 Å². The van der Waals surface area contributed by atoms with E-state index < -0.39 is 17.0 Å². The lowest BCUT2D eigenvalue weighted by atomic mass is 10.2. The molecule has 3 N–H and O–H groups in total. The summed E-state index contributed by atoms with van der Waals surface area (Å²) in [6.07, 6.45) is 2.29. The van der Waals surface area contributed by atoms with Crippen LogP contribution in [0.5, 0.6) is 0 Å². The van der Waals surface area contributed by atoms with Crippen molar-refractivity contribution in [2.75, 3.05) is 25.2 Å². The van der Waals surface area contributed by atoms with E-state index in [1.54, 1.807) is 19.2 Å². The lowest BCUT2D eigenvalue weighted by Gasteiger charge is -2.12. The summed E-state index contributed by atoms with van der Waals surface area (Å²) in [6, 6.07) is 7.16. The highest BCUT2D eigenvalue weighted by Gasteiger charge is 2.30. The Kier molecular flexibility index (Phi) is 7.01. The largest absolute Gasteiger partial charge is 0.385 e. The Bertz CT molecular complexity index is 1280. The number of benzene rings is 1. The maximum atomic E-state index is 12.9. The number of nitrogens with two attached hydrogens (primary N) is 1. The molecule has 0 amide bonds. The molecular formula is C21H23ClN6O4S. The van der Waals surface area contributed by atoms with E-state index in [0.717, 1.165) is 36.6 Å². The lowest BCUT2D eigenvalue weighted by molar-refractivity contribution is 0.102. The molecule has 1 fully saturated rings. The van der Waals surface area contributed by atoms with Gasteiger partial charge in [0.05, 0.1) is 5.75 Å². The number of halogens is 1. The fourth-order valence-electron chi connectivity index (χ4n) is 3.51. The summed E-state index contributed by atoms with van der Waals surface area (Å²) < 4.78 is 8.35. The number of ether oxygens (including phenoxy) is 1. The Balaban J connectivity index is 1.59. The number of aromatic amines is 1. The zero-order valence-corrected chi connectivity index (χ0v) is 19.5. The predicted octanol–water partition coefficient (Wildman–Crippen LogP) is 2.38. The minimum absolute atomic E-state index is 0.0700. The van der Waals surface area contributed by atoms with Gasteiger partial charge in [-0.05, 0) is 43.5 Å². The monoisotopic (exact) mass is 490 g/mol. The summed E-state index contributed by atoms with van der Waals surface area (Å²) in [5.41, 5.74) is 5.33. The third-order valence-corrected chi connectivity index (χ3v) is 6.47. The van der Waals surface area contributed by atoms with Gasteiger partial charge in [0.2, 0.25) is 0 Å². The number of ketones is 1. The van der Waals surface area contributed by atoms with Crippen molar-refractivity contribution in [3.63, 3.8) is 0 Å². The van der Waals surface area contributed by atoms with Gasteiger partial charge in [-0.3, -0.25) is 19.1 Å². The molecule has 1 aliphatic rings. The minimum atomic E-state index is -0.775. The topological polar surface area (TPSA) is 138 Å². The number of thioether (sulfide) groups is 1. The van der Waals surface area contributed by atoms with E-state index in [2.05, 4.69) is 15.2 Å². The van der Waals surface area contributed by atoms with Crippen molar-refractivity contribution in [2.45, 2.75) is 37.0 Å². The maximum Gasteiger partial charge on any atom is 0.330 e. The van der Waals surface area contributed by atoms with E-state index in [9.17, 15) is 14.4 Å². The SMILES string of the molecule is COCCCn1c(SCC(=O)c2c(N)n(C3CC3)c(=O)[nH]c2=O)nnc1-c1ccc(Cl)cc1. The Labute approximate surface area is 198 Å². The highest BCUT2D eigenvalue weighted by atomic mass is 35.5. The molecule has 33 heavy (non-hydrogen) atoms. The van der Waals surface area contributed by atoms with E-state index in [4.69, 9.17) is 22.1 Å². The molecule has 0 unspecified atom stereocenters. The first kappa shape index (κ1) is 23.3. The zero-order chi connectivity index (χ0) is 23.5. The van der Waals surface area contributed by atoms with Crippen LogP contribution in [0.2, 0.25) is 5.02 Å². The Morgan fingerprint density at radius 1 is 1.27 bits per heavy atom. The summed E-state index contributed by atoms with van der Waals surface area (Å²) >= 11 is 7.15. The smallest absolute Gasteiger partial charge is 0.330 e. The van der Waals surface area contributed by atoms with Gasteiger partial charge in [0, 0.05) is 36.9 Å². The second-order valence-electron chi connectivity index (χ2n) is 7.64. The number of H-pyrrole nitrogens is 1. The van der Waals surface area contributed by atoms with Crippen LogP contribution in [0.3, 0.4) is 0 Å². The fourth-order valence-corrected chi connectivity index (χ4v) is 4.47. The normalized spacial score (nSPS) is 13.4. The standard InChI is InChI=1S/C21H23ClN6O4S/c1-32-10-2-9-27-18(12-3-5-13(22)6-4-12)25-26-21(27)33-11-15(29)16-17(23)28(14-7-8-14)20(31)24-19(16)30/h3-6,14H,2,7-11,23H2,1H3,(H,24,30,31). The summed E-state index contributed by atoms with van der Waals surface area (Å²) in [7, 11) is 1.63. The van der Waals surface area contributed by atoms with Gasteiger partial charge < -0.3 is 15.0 Å². The zero-order valence-electron chi connectivity index (χ0n) is 17.9. The van der Waals surface area contributed by atoms with Gasteiger partial charge in [0.25, 0.3) is 5.56 Å². The van der Waals surface area contributed by atoms with Gasteiger partial charge in [-0.2, -0.15) is 0 Å². The quantitative estimate of drug-likeness (QED) is 0.251. The highest BCUT2D eigenvalue weighted by Crippen LogP contribution is 2.35. The number of hydrogen-bond donors (Lipinski definition) is 2. The van der Waals surface area contributed by atoms with Crippen molar-refractivity contribution >= 4 is 35.0 Å². The number of methoxy groups -OCH3 is 1. The Hall–Kier alpha value is -2.89. The fraction of sp³-hybridized carbons (Fsp3) is 0.381. The van der Waals surface area contributed by atoms with Crippen molar-refractivity contribution < 1.29 is 9.53 Å². The third kappa shape index (κ3) is 5.05. The van der Waals surface area contributed by atoms with Crippen LogP contribution in [0.25, 0.3) is 11.4 Å². The second kappa shape index (κ2) is 9.94. The molecule has 4 rings (SSSR count). The van der Waals surface area contributed by atoms with Gasteiger partial charge in [0.15, 0.2) is 16.8 Å².